The molecular weight excluding hydrogens is 280 g/mol. The number of carbonyl (C=O) groups is 1. The summed E-state index contributed by atoms with van der Waals surface area (Å²) in [5, 5.41) is 0. The Morgan fingerprint density at radius 1 is 1.45 bits per heavy atom. The number of aromatic nitrogens is 1. The third kappa shape index (κ3) is 3.15. The van der Waals surface area contributed by atoms with Crippen LogP contribution in [-0.2, 0) is 9.47 Å². The van der Waals surface area contributed by atoms with Crippen molar-refractivity contribution in [2.24, 2.45) is 5.41 Å². The normalized spacial score (nSPS) is 23.9. The number of rotatable bonds is 3. The Morgan fingerprint density at radius 2 is 2.23 bits per heavy atom. The lowest BCUT2D eigenvalue weighted by molar-refractivity contribution is 0.0280. The zero-order valence-corrected chi connectivity index (χ0v) is 13.4. The van der Waals surface area contributed by atoms with Crippen LogP contribution in [0.15, 0.2) is 18.2 Å². The highest BCUT2D eigenvalue weighted by atomic mass is 16.5. The van der Waals surface area contributed by atoms with Gasteiger partial charge in [-0.25, -0.2) is 4.98 Å². The van der Waals surface area contributed by atoms with Crippen molar-refractivity contribution in [1.82, 2.24) is 9.88 Å². The lowest BCUT2D eigenvalue weighted by Crippen LogP contribution is -2.43. The van der Waals surface area contributed by atoms with Crippen LogP contribution in [0.5, 0.6) is 0 Å². The number of piperidine rings is 1. The van der Waals surface area contributed by atoms with Crippen LogP contribution in [0.25, 0.3) is 0 Å². The molecule has 0 unspecified atom stereocenters. The Hall–Kier alpha value is -1.46. The average molecular weight is 304 g/mol. The van der Waals surface area contributed by atoms with Gasteiger partial charge >= 0.3 is 0 Å². The van der Waals surface area contributed by atoms with Gasteiger partial charge < -0.3 is 14.4 Å². The molecule has 0 aliphatic carbocycles. The number of amides is 1. The third-order valence-corrected chi connectivity index (χ3v) is 4.86. The van der Waals surface area contributed by atoms with E-state index in [1.54, 1.807) is 13.2 Å². The number of carbonyl (C=O) groups excluding carboxylic acids is 1. The molecule has 2 aliphatic heterocycles. The Balaban J connectivity index is 1.59. The maximum atomic E-state index is 12.5. The number of aryl methyl sites for hydroxylation is 1. The molecule has 0 saturated carbocycles. The molecule has 0 radical (unpaired) electrons. The van der Waals surface area contributed by atoms with Crippen molar-refractivity contribution < 1.29 is 14.3 Å². The van der Waals surface area contributed by atoms with Gasteiger partial charge in [-0.1, -0.05) is 6.07 Å². The number of likely N-dealkylation sites (tertiary alicyclic amines) is 1. The highest BCUT2D eigenvalue weighted by Crippen LogP contribution is 2.42. The standard InChI is InChI=1S/C17H24N2O3/c1-13-4-3-5-15(18-13)16(20)19-8-6-17(7-9-19)10-14(11-21-2)22-12-17/h3-5,14H,6-12H2,1-2H3/t14-/m0/s1. The van der Waals surface area contributed by atoms with Gasteiger partial charge in [0.15, 0.2) is 0 Å². The van der Waals surface area contributed by atoms with Gasteiger partial charge in [0.2, 0.25) is 0 Å². The minimum Gasteiger partial charge on any atom is -0.382 e. The molecule has 120 valence electrons. The maximum Gasteiger partial charge on any atom is 0.272 e. The molecule has 5 nitrogen and oxygen atoms in total. The number of pyridine rings is 1. The Labute approximate surface area is 131 Å². The molecule has 1 atom stereocenters. The van der Waals surface area contributed by atoms with Crippen LogP contribution < -0.4 is 0 Å². The van der Waals surface area contributed by atoms with E-state index in [-0.39, 0.29) is 17.4 Å². The van der Waals surface area contributed by atoms with Gasteiger partial charge in [0, 0.05) is 25.9 Å². The maximum absolute atomic E-state index is 12.5. The van der Waals surface area contributed by atoms with E-state index in [0.717, 1.165) is 44.7 Å². The molecule has 3 rings (SSSR count). The van der Waals surface area contributed by atoms with Crippen molar-refractivity contribution in [2.75, 3.05) is 33.4 Å². The summed E-state index contributed by atoms with van der Waals surface area (Å²) in [6.45, 7) is 4.95. The van der Waals surface area contributed by atoms with Crippen LogP contribution in [0.1, 0.15) is 35.4 Å². The number of ether oxygens (including phenoxy) is 2. The summed E-state index contributed by atoms with van der Waals surface area (Å²) in [7, 11) is 1.71. The second kappa shape index (κ2) is 6.34. The topological polar surface area (TPSA) is 51.7 Å². The third-order valence-electron chi connectivity index (χ3n) is 4.86. The Kier molecular flexibility index (Phi) is 4.45. The molecule has 1 aromatic heterocycles. The van der Waals surface area contributed by atoms with E-state index in [1.165, 1.54) is 0 Å². The minimum absolute atomic E-state index is 0.0471. The van der Waals surface area contributed by atoms with Crippen molar-refractivity contribution in [3.8, 4) is 0 Å². The average Bonchev–Trinajstić information content (AvgIpc) is 2.90. The summed E-state index contributed by atoms with van der Waals surface area (Å²) < 4.78 is 11.0. The van der Waals surface area contributed by atoms with Gasteiger partial charge in [-0.3, -0.25) is 4.79 Å². The molecule has 2 aliphatic rings. The second-order valence-electron chi connectivity index (χ2n) is 6.55. The van der Waals surface area contributed by atoms with Crippen LogP contribution >= 0.6 is 0 Å². The van der Waals surface area contributed by atoms with Gasteiger partial charge in [-0.15, -0.1) is 0 Å². The van der Waals surface area contributed by atoms with Gasteiger partial charge in [-0.2, -0.15) is 0 Å². The first-order chi connectivity index (χ1) is 10.6. The summed E-state index contributed by atoms with van der Waals surface area (Å²) in [5.74, 6) is 0.0471. The van der Waals surface area contributed by atoms with E-state index in [0.29, 0.717) is 12.3 Å². The summed E-state index contributed by atoms with van der Waals surface area (Å²) >= 11 is 0. The molecule has 3 heterocycles. The van der Waals surface area contributed by atoms with E-state index in [4.69, 9.17) is 9.47 Å². The molecule has 0 bridgehead atoms. The van der Waals surface area contributed by atoms with Crippen molar-refractivity contribution in [3.05, 3.63) is 29.6 Å². The zero-order chi connectivity index (χ0) is 15.6. The number of nitrogens with zero attached hydrogens (tertiary/aromatic N) is 2. The molecular formula is C17H24N2O3. The smallest absolute Gasteiger partial charge is 0.272 e. The molecule has 22 heavy (non-hydrogen) atoms. The molecule has 5 heteroatoms. The van der Waals surface area contributed by atoms with E-state index >= 15 is 0 Å². The van der Waals surface area contributed by atoms with E-state index in [1.807, 2.05) is 24.0 Å². The summed E-state index contributed by atoms with van der Waals surface area (Å²) in [5.41, 5.74) is 1.67. The monoisotopic (exact) mass is 304 g/mol. The van der Waals surface area contributed by atoms with E-state index in [2.05, 4.69) is 4.98 Å². The minimum atomic E-state index is 0.0471. The van der Waals surface area contributed by atoms with Crippen LogP contribution in [0.3, 0.4) is 0 Å². The summed E-state index contributed by atoms with van der Waals surface area (Å²) in [4.78, 5) is 18.8. The van der Waals surface area contributed by atoms with Crippen LogP contribution in [-0.4, -0.2) is 55.3 Å². The molecule has 1 spiro atoms. The van der Waals surface area contributed by atoms with Crippen molar-refractivity contribution in [1.29, 1.82) is 0 Å². The lowest BCUT2D eigenvalue weighted by atomic mass is 9.76. The fourth-order valence-corrected chi connectivity index (χ4v) is 3.55. The van der Waals surface area contributed by atoms with Crippen molar-refractivity contribution >= 4 is 5.91 Å². The molecule has 1 aromatic rings. The largest absolute Gasteiger partial charge is 0.382 e. The predicted octanol–water partition coefficient (Wildman–Crippen LogP) is 2.05. The summed E-state index contributed by atoms with van der Waals surface area (Å²) in [6, 6.07) is 5.60. The second-order valence-corrected chi connectivity index (χ2v) is 6.55. The Morgan fingerprint density at radius 3 is 2.91 bits per heavy atom. The molecule has 1 amide bonds. The summed E-state index contributed by atoms with van der Waals surface area (Å²) in [6.07, 6.45) is 3.27. The van der Waals surface area contributed by atoms with E-state index < -0.39 is 0 Å². The van der Waals surface area contributed by atoms with Gasteiger partial charge in [0.05, 0.1) is 19.3 Å². The zero-order valence-electron chi connectivity index (χ0n) is 13.4. The Bertz CT molecular complexity index is 538. The predicted molar refractivity (Wildman–Crippen MR) is 82.8 cm³/mol. The van der Waals surface area contributed by atoms with Gasteiger partial charge in [0.1, 0.15) is 5.69 Å². The lowest BCUT2D eigenvalue weighted by Gasteiger charge is -2.38. The molecule has 0 N–H and O–H groups in total. The first-order valence-electron chi connectivity index (χ1n) is 7.95. The highest BCUT2D eigenvalue weighted by Gasteiger charge is 2.43. The first-order valence-corrected chi connectivity index (χ1v) is 7.95. The van der Waals surface area contributed by atoms with Crippen molar-refractivity contribution in [2.45, 2.75) is 32.3 Å². The van der Waals surface area contributed by atoms with Crippen LogP contribution in [0.2, 0.25) is 0 Å². The van der Waals surface area contributed by atoms with Gasteiger partial charge in [-0.05, 0) is 43.7 Å². The SMILES string of the molecule is COC[C@@H]1CC2(CCN(C(=O)c3cccc(C)n3)CC2)CO1. The number of hydrogen-bond acceptors (Lipinski definition) is 4. The quantitative estimate of drug-likeness (QED) is 0.857. The fourth-order valence-electron chi connectivity index (χ4n) is 3.55. The number of hydrogen-bond donors (Lipinski definition) is 0. The number of methoxy groups -OCH3 is 1. The molecule has 2 saturated heterocycles. The van der Waals surface area contributed by atoms with Gasteiger partial charge in [0.25, 0.3) is 5.91 Å². The fraction of sp³-hybridized carbons (Fsp3) is 0.647. The molecule has 0 aromatic carbocycles. The highest BCUT2D eigenvalue weighted by molar-refractivity contribution is 5.92. The molecule has 2 fully saturated rings. The van der Waals surface area contributed by atoms with Crippen LogP contribution in [0, 0.1) is 12.3 Å². The first kappa shape index (κ1) is 15.4. The van der Waals surface area contributed by atoms with Crippen molar-refractivity contribution in [3.63, 3.8) is 0 Å². The van der Waals surface area contributed by atoms with Crippen LogP contribution in [0.4, 0.5) is 0 Å². The van der Waals surface area contributed by atoms with E-state index in [9.17, 15) is 4.79 Å².